The molecule has 17 heavy (non-hydrogen) atoms. The van der Waals surface area contributed by atoms with Crippen LogP contribution < -0.4 is 10.2 Å². The van der Waals surface area contributed by atoms with E-state index in [1.165, 1.54) is 30.9 Å². The average molecular weight is 231 g/mol. The molecule has 3 rings (SSSR count). The lowest BCUT2D eigenvalue weighted by molar-refractivity contribution is 0.578. The monoisotopic (exact) mass is 231 g/mol. The van der Waals surface area contributed by atoms with Crippen molar-refractivity contribution in [3.8, 4) is 0 Å². The van der Waals surface area contributed by atoms with Crippen LogP contribution in [0.15, 0.2) is 18.3 Å². The van der Waals surface area contributed by atoms with Crippen molar-refractivity contribution in [2.45, 2.75) is 32.2 Å². The molecule has 2 atom stereocenters. The second kappa shape index (κ2) is 4.30. The van der Waals surface area contributed by atoms with Crippen molar-refractivity contribution in [3.63, 3.8) is 0 Å². The van der Waals surface area contributed by atoms with E-state index in [0.29, 0.717) is 12.0 Å². The van der Waals surface area contributed by atoms with Gasteiger partial charge in [-0.15, -0.1) is 0 Å². The van der Waals surface area contributed by atoms with E-state index in [9.17, 15) is 0 Å². The van der Waals surface area contributed by atoms with Crippen LogP contribution in [0.1, 0.15) is 31.9 Å². The molecule has 0 bridgehead atoms. The first-order valence-corrected chi connectivity index (χ1v) is 6.69. The normalized spacial score (nSPS) is 27.8. The molecule has 1 aromatic heterocycles. The predicted octanol–water partition coefficient (Wildman–Crippen LogP) is 2.00. The Balaban J connectivity index is 1.86. The van der Waals surface area contributed by atoms with Gasteiger partial charge in [-0.3, -0.25) is 4.98 Å². The SMILES string of the molecule is CC(C)c1cc(N2CC[C@H]3CNC[C@H]32)ccn1. The summed E-state index contributed by atoms with van der Waals surface area (Å²) in [5.41, 5.74) is 2.57. The third kappa shape index (κ3) is 1.93. The van der Waals surface area contributed by atoms with E-state index in [-0.39, 0.29) is 0 Å². The number of anilines is 1. The van der Waals surface area contributed by atoms with Crippen molar-refractivity contribution in [3.05, 3.63) is 24.0 Å². The number of aromatic nitrogens is 1. The number of fused-ring (bicyclic) bond motifs is 1. The van der Waals surface area contributed by atoms with Gasteiger partial charge in [0.1, 0.15) is 0 Å². The Hall–Kier alpha value is -1.09. The number of pyridine rings is 1. The number of nitrogens with one attached hydrogen (secondary N) is 1. The van der Waals surface area contributed by atoms with Crippen molar-refractivity contribution in [2.24, 2.45) is 5.92 Å². The van der Waals surface area contributed by atoms with Crippen LogP contribution in [0.5, 0.6) is 0 Å². The Kier molecular flexibility index (Phi) is 2.79. The van der Waals surface area contributed by atoms with E-state index in [4.69, 9.17) is 0 Å². The Morgan fingerprint density at radius 1 is 1.41 bits per heavy atom. The van der Waals surface area contributed by atoms with Gasteiger partial charge in [0.2, 0.25) is 0 Å². The highest BCUT2D eigenvalue weighted by molar-refractivity contribution is 5.49. The first-order chi connectivity index (χ1) is 8.25. The Bertz CT molecular complexity index is 402. The molecule has 3 nitrogen and oxygen atoms in total. The number of nitrogens with zero attached hydrogens (tertiary/aromatic N) is 2. The van der Waals surface area contributed by atoms with E-state index in [1.54, 1.807) is 0 Å². The summed E-state index contributed by atoms with van der Waals surface area (Å²) in [7, 11) is 0. The molecule has 1 N–H and O–H groups in total. The summed E-state index contributed by atoms with van der Waals surface area (Å²) in [5, 5.41) is 3.50. The van der Waals surface area contributed by atoms with Gasteiger partial charge in [-0.25, -0.2) is 0 Å². The molecule has 0 unspecified atom stereocenters. The third-order valence-electron chi connectivity index (χ3n) is 4.13. The molecule has 0 aromatic carbocycles. The molecule has 3 heterocycles. The van der Waals surface area contributed by atoms with E-state index < -0.39 is 0 Å². The van der Waals surface area contributed by atoms with E-state index in [2.05, 4.69) is 41.2 Å². The average Bonchev–Trinajstić information content (AvgIpc) is 2.90. The highest BCUT2D eigenvalue weighted by Crippen LogP contribution is 2.32. The maximum absolute atomic E-state index is 4.45. The van der Waals surface area contributed by atoms with Gasteiger partial charge in [0.05, 0.1) is 0 Å². The topological polar surface area (TPSA) is 28.2 Å². The minimum atomic E-state index is 0.509. The fourth-order valence-electron chi connectivity index (χ4n) is 3.10. The first-order valence-electron chi connectivity index (χ1n) is 6.69. The third-order valence-corrected chi connectivity index (χ3v) is 4.13. The zero-order valence-corrected chi connectivity index (χ0v) is 10.7. The van der Waals surface area contributed by atoms with Crippen molar-refractivity contribution < 1.29 is 0 Å². The van der Waals surface area contributed by atoms with Gasteiger partial charge in [0.25, 0.3) is 0 Å². The minimum absolute atomic E-state index is 0.509. The summed E-state index contributed by atoms with van der Waals surface area (Å²) in [6, 6.07) is 5.13. The molecule has 2 fully saturated rings. The molecule has 0 spiro atoms. The summed E-state index contributed by atoms with van der Waals surface area (Å²) in [5.74, 6) is 1.36. The highest BCUT2D eigenvalue weighted by atomic mass is 15.2. The lowest BCUT2D eigenvalue weighted by Crippen LogP contribution is -2.34. The van der Waals surface area contributed by atoms with E-state index >= 15 is 0 Å². The lowest BCUT2D eigenvalue weighted by atomic mass is 10.0. The van der Waals surface area contributed by atoms with Gasteiger partial charge in [0, 0.05) is 43.3 Å². The molecule has 92 valence electrons. The summed E-state index contributed by atoms with van der Waals surface area (Å²) in [4.78, 5) is 7.02. The van der Waals surface area contributed by atoms with Crippen LogP contribution in [-0.2, 0) is 0 Å². The molecule has 2 saturated heterocycles. The van der Waals surface area contributed by atoms with Gasteiger partial charge in [-0.1, -0.05) is 13.8 Å². The van der Waals surface area contributed by atoms with E-state index in [1.807, 2.05) is 6.20 Å². The molecule has 0 saturated carbocycles. The zero-order valence-electron chi connectivity index (χ0n) is 10.7. The predicted molar refractivity (Wildman–Crippen MR) is 70.4 cm³/mol. The summed E-state index contributed by atoms with van der Waals surface area (Å²) >= 11 is 0. The highest BCUT2D eigenvalue weighted by Gasteiger charge is 2.37. The van der Waals surface area contributed by atoms with E-state index in [0.717, 1.165) is 12.5 Å². The van der Waals surface area contributed by atoms with Gasteiger partial charge in [-0.2, -0.15) is 0 Å². The maximum Gasteiger partial charge on any atom is 0.0455 e. The van der Waals surface area contributed by atoms with Crippen LogP contribution in [0.4, 0.5) is 5.69 Å². The minimum Gasteiger partial charge on any atom is -0.367 e. The lowest BCUT2D eigenvalue weighted by Gasteiger charge is -2.26. The second-order valence-electron chi connectivity index (χ2n) is 5.56. The summed E-state index contributed by atoms with van der Waals surface area (Å²) in [6.45, 7) is 7.96. The standard InChI is InChI=1S/C14H21N3/c1-10(2)13-7-12(3-5-16-13)17-6-4-11-8-15-9-14(11)17/h3,5,7,10-11,14-15H,4,6,8-9H2,1-2H3/t11-,14+/m0/s1. The number of hydrogen-bond acceptors (Lipinski definition) is 3. The fourth-order valence-corrected chi connectivity index (χ4v) is 3.10. The summed E-state index contributed by atoms with van der Waals surface area (Å²) < 4.78 is 0. The van der Waals surface area contributed by atoms with Crippen LogP contribution in [0.25, 0.3) is 0 Å². The maximum atomic E-state index is 4.45. The second-order valence-corrected chi connectivity index (χ2v) is 5.56. The first kappa shape index (κ1) is 11.0. The smallest absolute Gasteiger partial charge is 0.0455 e. The molecule has 0 amide bonds. The van der Waals surface area contributed by atoms with Crippen molar-refractivity contribution in [1.82, 2.24) is 10.3 Å². The quantitative estimate of drug-likeness (QED) is 0.844. The van der Waals surface area contributed by atoms with Gasteiger partial charge >= 0.3 is 0 Å². The summed E-state index contributed by atoms with van der Waals surface area (Å²) in [6.07, 6.45) is 3.29. The van der Waals surface area contributed by atoms with Crippen molar-refractivity contribution >= 4 is 5.69 Å². The van der Waals surface area contributed by atoms with Gasteiger partial charge < -0.3 is 10.2 Å². The van der Waals surface area contributed by atoms with Crippen molar-refractivity contribution in [1.29, 1.82) is 0 Å². The Labute approximate surface area is 103 Å². The van der Waals surface area contributed by atoms with Crippen LogP contribution in [0, 0.1) is 5.92 Å². The van der Waals surface area contributed by atoms with Gasteiger partial charge in [0.15, 0.2) is 0 Å². The fraction of sp³-hybridized carbons (Fsp3) is 0.643. The van der Waals surface area contributed by atoms with Gasteiger partial charge in [-0.05, 0) is 30.4 Å². The van der Waals surface area contributed by atoms with Crippen LogP contribution in [0.3, 0.4) is 0 Å². The zero-order chi connectivity index (χ0) is 11.8. The number of hydrogen-bond donors (Lipinski definition) is 1. The van der Waals surface area contributed by atoms with Crippen molar-refractivity contribution in [2.75, 3.05) is 24.5 Å². The largest absolute Gasteiger partial charge is 0.367 e. The Morgan fingerprint density at radius 3 is 3.12 bits per heavy atom. The molecular formula is C14H21N3. The van der Waals surface area contributed by atoms with Crippen LogP contribution in [0.2, 0.25) is 0 Å². The molecule has 2 aliphatic heterocycles. The number of rotatable bonds is 2. The van der Waals surface area contributed by atoms with Crippen LogP contribution in [-0.4, -0.2) is 30.7 Å². The molecule has 0 aliphatic carbocycles. The molecular weight excluding hydrogens is 210 g/mol. The molecule has 0 radical (unpaired) electrons. The molecule has 1 aromatic rings. The van der Waals surface area contributed by atoms with Crippen LogP contribution >= 0.6 is 0 Å². The molecule has 2 aliphatic rings. The Morgan fingerprint density at radius 2 is 2.29 bits per heavy atom. The molecule has 3 heteroatoms.